The van der Waals surface area contributed by atoms with Crippen LogP contribution in [0.2, 0.25) is 0 Å². The second-order valence-electron chi connectivity index (χ2n) is 6.49. The van der Waals surface area contributed by atoms with Gasteiger partial charge in [-0.15, -0.1) is 0 Å². The lowest BCUT2D eigenvalue weighted by atomic mass is 9.97. The minimum absolute atomic E-state index is 0.0666. The van der Waals surface area contributed by atoms with E-state index >= 15 is 0 Å². The Morgan fingerprint density at radius 1 is 1.04 bits per heavy atom. The zero-order chi connectivity index (χ0) is 17.3. The number of amides is 2. The molecule has 0 spiro atoms. The smallest absolute Gasteiger partial charge is 0.314 e. The molecule has 132 valence electrons. The first-order chi connectivity index (χ1) is 12.3. The van der Waals surface area contributed by atoms with Gasteiger partial charge in [0.1, 0.15) is 5.82 Å². The molecule has 1 aromatic carbocycles. The lowest BCUT2D eigenvalue weighted by Gasteiger charge is -2.32. The first-order valence-corrected chi connectivity index (χ1v) is 9.03. The highest BCUT2D eigenvalue weighted by Gasteiger charge is 2.20. The van der Waals surface area contributed by atoms with Gasteiger partial charge in [-0.1, -0.05) is 36.4 Å². The van der Waals surface area contributed by atoms with Crippen molar-refractivity contribution in [2.24, 2.45) is 5.92 Å². The first-order valence-electron chi connectivity index (χ1n) is 9.03. The van der Waals surface area contributed by atoms with Crippen LogP contribution in [-0.2, 0) is 6.42 Å². The Bertz CT molecular complexity index is 639. The molecule has 2 amide bonds. The maximum atomic E-state index is 11.9. The van der Waals surface area contributed by atoms with Gasteiger partial charge >= 0.3 is 6.03 Å². The van der Waals surface area contributed by atoms with Crippen molar-refractivity contribution < 1.29 is 4.79 Å². The summed E-state index contributed by atoms with van der Waals surface area (Å²) >= 11 is 0. The summed E-state index contributed by atoms with van der Waals surface area (Å²) in [4.78, 5) is 18.6. The molecule has 1 saturated heterocycles. The monoisotopic (exact) mass is 338 g/mol. The highest BCUT2D eigenvalue weighted by molar-refractivity contribution is 5.73. The van der Waals surface area contributed by atoms with Crippen LogP contribution >= 0.6 is 0 Å². The van der Waals surface area contributed by atoms with Crippen molar-refractivity contribution in [3.05, 3.63) is 60.3 Å². The molecule has 0 bridgehead atoms. The van der Waals surface area contributed by atoms with Crippen molar-refractivity contribution in [3.8, 4) is 0 Å². The van der Waals surface area contributed by atoms with Gasteiger partial charge in [0.25, 0.3) is 0 Å². The molecule has 5 heteroatoms. The number of carbonyl (C=O) groups is 1. The summed E-state index contributed by atoms with van der Waals surface area (Å²) in [5, 5.41) is 5.94. The first kappa shape index (κ1) is 17.3. The summed E-state index contributed by atoms with van der Waals surface area (Å²) in [6.45, 7) is 3.40. The largest absolute Gasteiger partial charge is 0.357 e. The predicted molar refractivity (Wildman–Crippen MR) is 101 cm³/mol. The van der Waals surface area contributed by atoms with Crippen molar-refractivity contribution in [2.75, 3.05) is 31.1 Å². The molecule has 5 nitrogen and oxygen atoms in total. The van der Waals surface area contributed by atoms with Gasteiger partial charge in [0, 0.05) is 32.4 Å². The number of nitrogens with one attached hydrogen (secondary N) is 2. The SMILES string of the molecule is O=C(NCCc1ccccc1)NCC1CCN(c2ccccn2)CC1. The van der Waals surface area contributed by atoms with Gasteiger partial charge in [0.15, 0.2) is 0 Å². The minimum Gasteiger partial charge on any atom is -0.357 e. The van der Waals surface area contributed by atoms with E-state index in [-0.39, 0.29) is 6.03 Å². The molecule has 2 aromatic rings. The molecular weight excluding hydrogens is 312 g/mol. The van der Waals surface area contributed by atoms with Crippen molar-refractivity contribution >= 4 is 11.8 Å². The Morgan fingerprint density at radius 3 is 2.52 bits per heavy atom. The standard InChI is InChI=1S/C20H26N4O/c25-20(22-13-9-17-6-2-1-3-7-17)23-16-18-10-14-24(15-11-18)19-8-4-5-12-21-19/h1-8,12,18H,9-11,13-16H2,(H2,22,23,25). The van der Waals surface area contributed by atoms with Gasteiger partial charge in [-0.25, -0.2) is 9.78 Å². The Kier molecular flexibility index (Phi) is 6.26. The molecule has 1 aliphatic heterocycles. The van der Waals surface area contributed by atoms with E-state index < -0.39 is 0 Å². The van der Waals surface area contributed by atoms with Crippen LogP contribution < -0.4 is 15.5 Å². The molecule has 1 aromatic heterocycles. The third kappa shape index (κ3) is 5.48. The van der Waals surface area contributed by atoms with E-state index in [9.17, 15) is 4.79 Å². The maximum Gasteiger partial charge on any atom is 0.314 e. The third-order valence-corrected chi connectivity index (χ3v) is 4.68. The average Bonchev–Trinajstić information content (AvgIpc) is 2.68. The van der Waals surface area contributed by atoms with Crippen LogP contribution in [0.4, 0.5) is 10.6 Å². The van der Waals surface area contributed by atoms with Crippen molar-refractivity contribution in [2.45, 2.75) is 19.3 Å². The summed E-state index contributed by atoms with van der Waals surface area (Å²) in [5.41, 5.74) is 1.24. The van der Waals surface area contributed by atoms with E-state index in [2.05, 4.69) is 38.7 Å². The maximum absolute atomic E-state index is 11.9. The topological polar surface area (TPSA) is 57.3 Å². The molecule has 0 atom stereocenters. The second kappa shape index (κ2) is 9.06. The highest BCUT2D eigenvalue weighted by Crippen LogP contribution is 2.20. The molecule has 1 fully saturated rings. The third-order valence-electron chi connectivity index (χ3n) is 4.68. The van der Waals surface area contributed by atoms with Crippen LogP contribution in [-0.4, -0.2) is 37.2 Å². The Hall–Kier alpha value is -2.56. The van der Waals surface area contributed by atoms with Crippen molar-refractivity contribution in [3.63, 3.8) is 0 Å². The van der Waals surface area contributed by atoms with E-state index in [0.717, 1.165) is 44.7 Å². The molecule has 3 rings (SSSR count). The fourth-order valence-electron chi connectivity index (χ4n) is 3.17. The molecule has 25 heavy (non-hydrogen) atoms. The zero-order valence-electron chi connectivity index (χ0n) is 14.5. The number of hydrogen-bond donors (Lipinski definition) is 2. The number of carbonyl (C=O) groups excluding carboxylic acids is 1. The number of aromatic nitrogens is 1. The number of hydrogen-bond acceptors (Lipinski definition) is 3. The molecule has 2 N–H and O–H groups in total. The highest BCUT2D eigenvalue weighted by atomic mass is 16.2. The molecule has 0 radical (unpaired) electrons. The van der Waals surface area contributed by atoms with Gasteiger partial charge in [0.2, 0.25) is 0 Å². The summed E-state index contributed by atoms with van der Waals surface area (Å²) in [6.07, 6.45) is 4.86. The van der Waals surface area contributed by atoms with Gasteiger partial charge in [-0.2, -0.15) is 0 Å². The quantitative estimate of drug-likeness (QED) is 0.851. The summed E-state index contributed by atoms with van der Waals surface area (Å²) in [7, 11) is 0. The molecule has 0 aliphatic carbocycles. The summed E-state index contributed by atoms with van der Waals surface area (Å²) < 4.78 is 0. The molecule has 1 aliphatic rings. The number of piperidine rings is 1. The van der Waals surface area contributed by atoms with E-state index in [0.29, 0.717) is 12.5 Å². The van der Waals surface area contributed by atoms with Crippen LogP contribution in [0, 0.1) is 5.92 Å². The Morgan fingerprint density at radius 2 is 1.80 bits per heavy atom. The fourth-order valence-corrected chi connectivity index (χ4v) is 3.17. The molecular formula is C20H26N4O. The van der Waals surface area contributed by atoms with Crippen LogP contribution in [0.1, 0.15) is 18.4 Å². The fraction of sp³-hybridized carbons (Fsp3) is 0.400. The number of urea groups is 1. The van der Waals surface area contributed by atoms with E-state index in [1.807, 2.05) is 36.5 Å². The number of rotatable bonds is 6. The van der Waals surface area contributed by atoms with Gasteiger partial charge in [0.05, 0.1) is 0 Å². The minimum atomic E-state index is -0.0666. The molecule has 2 heterocycles. The Labute approximate surface area is 149 Å². The lowest BCUT2D eigenvalue weighted by molar-refractivity contribution is 0.237. The van der Waals surface area contributed by atoms with E-state index in [1.165, 1.54) is 5.56 Å². The van der Waals surface area contributed by atoms with Crippen LogP contribution in [0.15, 0.2) is 54.7 Å². The van der Waals surface area contributed by atoms with Crippen LogP contribution in [0.5, 0.6) is 0 Å². The summed E-state index contributed by atoms with van der Waals surface area (Å²) in [6, 6.07) is 16.2. The van der Waals surface area contributed by atoms with Crippen molar-refractivity contribution in [1.82, 2.24) is 15.6 Å². The van der Waals surface area contributed by atoms with Crippen LogP contribution in [0.25, 0.3) is 0 Å². The number of anilines is 1. The zero-order valence-corrected chi connectivity index (χ0v) is 14.5. The number of nitrogens with zero attached hydrogens (tertiary/aromatic N) is 2. The van der Waals surface area contributed by atoms with Gasteiger partial charge in [-0.05, 0) is 42.9 Å². The van der Waals surface area contributed by atoms with Crippen LogP contribution in [0.3, 0.4) is 0 Å². The molecule has 0 saturated carbocycles. The Balaban J connectivity index is 1.31. The van der Waals surface area contributed by atoms with E-state index in [4.69, 9.17) is 0 Å². The second-order valence-corrected chi connectivity index (χ2v) is 6.49. The lowest BCUT2D eigenvalue weighted by Crippen LogP contribution is -2.42. The summed E-state index contributed by atoms with van der Waals surface area (Å²) in [5.74, 6) is 1.59. The molecule has 0 unspecified atom stereocenters. The van der Waals surface area contributed by atoms with Gasteiger partial charge in [-0.3, -0.25) is 0 Å². The van der Waals surface area contributed by atoms with Crippen molar-refractivity contribution in [1.29, 1.82) is 0 Å². The number of pyridine rings is 1. The van der Waals surface area contributed by atoms with E-state index in [1.54, 1.807) is 0 Å². The average molecular weight is 338 g/mol. The number of benzene rings is 1. The predicted octanol–water partition coefficient (Wildman–Crippen LogP) is 2.84. The normalized spacial score (nSPS) is 15.0. The van der Waals surface area contributed by atoms with Gasteiger partial charge < -0.3 is 15.5 Å².